The van der Waals surface area contributed by atoms with Gasteiger partial charge < -0.3 is 20.7 Å². The average Bonchev–Trinajstić information content (AvgIpc) is 2.56. The van der Waals surface area contributed by atoms with Gasteiger partial charge in [0.05, 0.1) is 17.1 Å². The molecule has 0 aliphatic carbocycles. The molecular formula is C18H24N6O3. The first-order valence-corrected chi connectivity index (χ1v) is 8.81. The Morgan fingerprint density at radius 1 is 1.22 bits per heavy atom. The highest BCUT2D eigenvalue weighted by Gasteiger charge is 2.29. The number of hydrogen-bond donors (Lipinski definition) is 2. The number of benzene rings is 1. The van der Waals surface area contributed by atoms with E-state index in [9.17, 15) is 10.1 Å². The van der Waals surface area contributed by atoms with Crippen molar-refractivity contribution in [3.63, 3.8) is 0 Å². The van der Waals surface area contributed by atoms with Crippen LogP contribution in [0.2, 0.25) is 0 Å². The van der Waals surface area contributed by atoms with Crippen LogP contribution in [-0.4, -0.2) is 40.2 Å². The van der Waals surface area contributed by atoms with Gasteiger partial charge in [0.15, 0.2) is 0 Å². The van der Waals surface area contributed by atoms with Crippen molar-refractivity contribution in [2.24, 2.45) is 0 Å². The van der Waals surface area contributed by atoms with Gasteiger partial charge in [-0.1, -0.05) is 6.07 Å². The Hall–Kier alpha value is -2.94. The number of aryl methyl sites for hydroxylation is 2. The normalized spacial score (nSPS) is 19.8. The summed E-state index contributed by atoms with van der Waals surface area (Å²) in [6, 6.07) is 5.71. The largest absolute Gasteiger partial charge is 0.378 e. The summed E-state index contributed by atoms with van der Waals surface area (Å²) in [7, 11) is 0. The van der Waals surface area contributed by atoms with Gasteiger partial charge in [-0.25, -0.2) is 0 Å². The van der Waals surface area contributed by atoms with Gasteiger partial charge >= 0.3 is 5.69 Å². The standard InChI is InChI=1S/C18H24N6O3/c1-10-5-6-14(7-11(10)2)20-17-15(24(25)26)16(19)21-18(22-17)23-8-12(3)27-13(4)9-23/h5-7,12-13H,8-9H2,1-4H3,(H3,19,20,21,22)/t12-,13+. The molecule has 1 saturated heterocycles. The quantitative estimate of drug-likeness (QED) is 0.621. The number of nitrogen functional groups attached to an aromatic ring is 1. The number of rotatable bonds is 4. The van der Waals surface area contributed by atoms with E-state index in [0.717, 1.165) is 11.1 Å². The molecule has 0 saturated carbocycles. The minimum Gasteiger partial charge on any atom is -0.378 e. The van der Waals surface area contributed by atoms with Crippen molar-refractivity contribution in [3.05, 3.63) is 39.4 Å². The Labute approximate surface area is 157 Å². The Morgan fingerprint density at radius 3 is 2.48 bits per heavy atom. The lowest BCUT2D eigenvalue weighted by Crippen LogP contribution is -2.46. The van der Waals surface area contributed by atoms with E-state index in [4.69, 9.17) is 10.5 Å². The molecular weight excluding hydrogens is 348 g/mol. The maximum atomic E-state index is 11.5. The van der Waals surface area contributed by atoms with Gasteiger partial charge in [0.1, 0.15) is 0 Å². The Bertz CT molecular complexity index is 862. The van der Waals surface area contributed by atoms with Crippen LogP contribution in [0.5, 0.6) is 0 Å². The van der Waals surface area contributed by atoms with Gasteiger partial charge in [-0.05, 0) is 51.0 Å². The second-order valence-corrected chi connectivity index (χ2v) is 6.95. The van der Waals surface area contributed by atoms with Crippen LogP contribution < -0.4 is 16.0 Å². The van der Waals surface area contributed by atoms with Gasteiger partial charge in [-0.3, -0.25) is 10.1 Å². The summed E-state index contributed by atoms with van der Waals surface area (Å²) < 4.78 is 5.73. The van der Waals surface area contributed by atoms with Crippen molar-refractivity contribution in [2.45, 2.75) is 39.9 Å². The molecule has 1 aliphatic heterocycles. The lowest BCUT2D eigenvalue weighted by molar-refractivity contribution is -0.383. The molecule has 1 aromatic heterocycles. The summed E-state index contributed by atoms with van der Waals surface area (Å²) >= 11 is 0. The van der Waals surface area contributed by atoms with E-state index in [0.29, 0.717) is 24.7 Å². The molecule has 0 amide bonds. The third-order valence-electron chi connectivity index (χ3n) is 4.55. The first kappa shape index (κ1) is 18.8. The highest BCUT2D eigenvalue weighted by Crippen LogP contribution is 2.33. The first-order valence-electron chi connectivity index (χ1n) is 8.81. The average molecular weight is 372 g/mol. The molecule has 2 aromatic rings. The second-order valence-electron chi connectivity index (χ2n) is 6.95. The second kappa shape index (κ2) is 7.36. The van der Waals surface area contributed by atoms with Crippen molar-refractivity contribution in [3.8, 4) is 0 Å². The third kappa shape index (κ3) is 4.08. The summed E-state index contributed by atoms with van der Waals surface area (Å²) in [6.07, 6.45) is 0.00912. The van der Waals surface area contributed by atoms with Crippen LogP contribution in [0.1, 0.15) is 25.0 Å². The summed E-state index contributed by atoms with van der Waals surface area (Å²) in [5.41, 5.74) is 8.50. The highest BCUT2D eigenvalue weighted by molar-refractivity contribution is 5.74. The predicted molar refractivity (Wildman–Crippen MR) is 105 cm³/mol. The van der Waals surface area contributed by atoms with E-state index in [-0.39, 0.29) is 29.5 Å². The summed E-state index contributed by atoms with van der Waals surface area (Å²) in [4.78, 5) is 21.5. The van der Waals surface area contributed by atoms with E-state index in [2.05, 4.69) is 15.3 Å². The molecule has 0 unspecified atom stereocenters. The zero-order chi connectivity index (χ0) is 19.7. The number of nitrogens with one attached hydrogen (secondary N) is 1. The number of morpholine rings is 1. The van der Waals surface area contributed by atoms with Gasteiger partial charge in [0.25, 0.3) is 0 Å². The van der Waals surface area contributed by atoms with Gasteiger partial charge in [-0.2, -0.15) is 9.97 Å². The molecule has 144 valence electrons. The number of anilines is 4. The molecule has 1 aliphatic rings. The molecule has 9 heteroatoms. The highest BCUT2D eigenvalue weighted by atomic mass is 16.6. The van der Waals surface area contributed by atoms with Crippen molar-refractivity contribution < 1.29 is 9.66 Å². The van der Waals surface area contributed by atoms with Crippen molar-refractivity contribution >= 4 is 29.0 Å². The lowest BCUT2D eigenvalue weighted by atomic mass is 10.1. The van der Waals surface area contributed by atoms with Crippen LogP contribution in [-0.2, 0) is 4.74 Å². The fraction of sp³-hybridized carbons (Fsp3) is 0.444. The minimum absolute atomic E-state index is 0.00456. The summed E-state index contributed by atoms with van der Waals surface area (Å²) in [5, 5.41) is 14.6. The van der Waals surface area contributed by atoms with Crippen LogP contribution in [0.25, 0.3) is 0 Å². The fourth-order valence-electron chi connectivity index (χ4n) is 3.17. The number of ether oxygens (including phenoxy) is 1. The number of aromatic nitrogens is 2. The maximum Gasteiger partial charge on any atom is 0.353 e. The Balaban J connectivity index is 2.01. The number of nitrogens with two attached hydrogens (primary N) is 1. The minimum atomic E-state index is -0.562. The molecule has 1 aromatic carbocycles. The monoisotopic (exact) mass is 372 g/mol. The number of nitro groups is 1. The SMILES string of the molecule is Cc1ccc(Nc2nc(N3C[C@@H](C)O[C@@H](C)C3)nc(N)c2[N+](=O)[O-])cc1C. The van der Waals surface area contributed by atoms with Gasteiger partial charge in [-0.15, -0.1) is 0 Å². The van der Waals surface area contributed by atoms with Crippen LogP contribution in [0.4, 0.5) is 29.0 Å². The third-order valence-corrected chi connectivity index (χ3v) is 4.55. The molecule has 3 N–H and O–H groups in total. The molecule has 0 radical (unpaired) electrons. The molecule has 3 rings (SSSR count). The van der Waals surface area contributed by atoms with E-state index in [1.165, 1.54) is 0 Å². The van der Waals surface area contributed by atoms with E-state index in [1.807, 2.05) is 50.8 Å². The van der Waals surface area contributed by atoms with Crippen molar-refractivity contribution in [1.29, 1.82) is 0 Å². The molecule has 1 fully saturated rings. The first-order chi connectivity index (χ1) is 12.7. The number of hydrogen-bond acceptors (Lipinski definition) is 8. The predicted octanol–water partition coefficient (Wildman–Crippen LogP) is 2.94. The van der Waals surface area contributed by atoms with Crippen LogP contribution in [0.15, 0.2) is 18.2 Å². The van der Waals surface area contributed by atoms with Crippen LogP contribution in [0.3, 0.4) is 0 Å². The number of nitrogens with zero attached hydrogens (tertiary/aromatic N) is 4. The van der Waals surface area contributed by atoms with E-state index < -0.39 is 4.92 Å². The van der Waals surface area contributed by atoms with Crippen LogP contribution >= 0.6 is 0 Å². The topological polar surface area (TPSA) is 119 Å². The zero-order valence-corrected chi connectivity index (χ0v) is 15.9. The van der Waals surface area contributed by atoms with Crippen molar-refractivity contribution in [2.75, 3.05) is 29.0 Å². The lowest BCUT2D eigenvalue weighted by Gasteiger charge is -2.35. The van der Waals surface area contributed by atoms with E-state index >= 15 is 0 Å². The Morgan fingerprint density at radius 2 is 1.89 bits per heavy atom. The fourth-order valence-corrected chi connectivity index (χ4v) is 3.17. The molecule has 27 heavy (non-hydrogen) atoms. The van der Waals surface area contributed by atoms with Crippen LogP contribution in [0, 0.1) is 24.0 Å². The molecule has 2 heterocycles. The molecule has 0 spiro atoms. The van der Waals surface area contributed by atoms with Gasteiger partial charge in [0, 0.05) is 18.8 Å². The Kier molecular flexibility index (Phi) is 5.13. The molecule has 0 bridgehead atoms. The zero-order valence-electron chi connectivity index (χ0n) is 15.9. The molecule has 2 atom stereocenters. The summed E-state index contributed by atoms with van der Waals surface area (Å²) in [6.45, 7) is 9.08. The maximum absolute atomic E-state index is 11.5. The van der Waals surface area contributed by atoms with Crippen molar-refractivity contribution in [1.82, 2.24) is 9.97 Å². The smallest absolute Gasteiger partial charge is 0.353 e. The van der Waals surface area contributed by atoms with Gasteiger partial charge in [0.2, 0.25) is 17.6 Å². The van der Waals surface area contributed by atoms with E-state index in [1.54, 1.807) is 0 Å². The summed E-state index contributed by atoms with van der Waals surface area (Å²) in [5.74, 6) is 0.270. The molecule has 9 nitrogen and oxygen atoms in total.